The Labute approximate surface area is 106 Å². The summed E-state index contributed by atoms with van der Waals surface area (Å²) in [7, 11) is 1.73. The first-order valence-electron chi connectivity index (χ1n) is 6.79. The van der Waals surface area contributed by atoms with Gasteiger partial charge in [0.05, 0.1) is 18.3 Å². The van der Waals surface area contributed by atoms with Gasteiger partial charge < -0.3 is 14.8 Å². The van der Waals surface area contributed by atoms with E-state index in [0.717, 1.165) is 6.54 Å². The summed E-state index contributed by atoms with van der Waals surface area (Å²) in [6.45, 7) is 10.3. The summed E-state index contributed by atoms with van der Waals surface area (Å²) in [5.41, 5.74) is 0.189. The first kappa shape index (κ1) is 14.9. The highest BCUT2D eigenvalue weighted by atomic mass is 16.5. The van der Waals surface area contributed by atoms with Crippen LogP contribution in [0.4, 0.5) is 0 Å². The molecule has 3 nitrogen and oxygen atoms in total. The lowest BCUT2D eigenvalue weighted by Gasteiger charge is -2.35. The van der Waals surface area contributed by atoms with Crippen molar-refractivity contribution in [1.82, 2.24) is 5.32 Å². The minimum absolute atomic E-state index is 0.0330. The molecule has 0 aromatic heterocycles. The highest BCUT2D eigenvalue weighted by molar-refractivity contribution is 4.91. The van der Waals surface area contributed by atoms with Crippen LogP contribution in [-0.2, 0) is 9.47 Å². The van der Waals surface area contributed by atoms with Gasteiger partial charge in [0, 0.05) is 19.2 Å². The number of ether oxygens (including phenoxy) is 2. The summed E-state index contributed by atoms with van der Waals surface area (Å²) in [5.74, 6) is 0. The lowest BCUT2D eigenvalue weighted by molar-refractivity contribution is -0.104. The van der Waals surface area contributed by atoms with E-state index in [2.05, 4.69) is 33.0 Å². The molecule has 0 bridgehead atoms. The minimum Gasteiger partial charge on any atom is -0.382 e. The average molecular weight is 243 g/mol. The molecule has 1 aliphatic rings. The predicted octanol–water partition coefficient (Wildman–Crippen LogP) is 2.74. The van der Waals surface area contributed by atoms with E-state index in [1.54, 1.807) is 7.11 Å². The predicted molar refractivity (Wildman–Crippen MR) is 71.4 cm³/mol. The van der Waals surface area contributed by atoms with Crippen LogP contribution in [0, 0.1) is 0 Å². The molecule has 0 saturated heterocycles. The van der Waals surface area contributed by atoms with Crippen molar-refractivity contribution in [1.29, 1.82) is 0 Å². The Balaban J connectivity index is 2.50. The van der Waals surface area contributed by atoms with Crippen molar-refractivity contribution < 1.29 is 9.47 Å². The first-order valence-corrected chi connectivity index (χ1v) is 6.79. The van der Waals surface area contributed by atoms with E-state index in [1.807, 2.05) is 0 Å². The smallest absolute Gasteiger partial charge is 0.0811 e. The van der Waals surface area contributed by atoms with Crippen LogP contribution in [-0.4, -0.2) is 37.5 Å². The number of rotatable bonds is 6. The molecule has 17 heavy (non-hydrogen) atoms. The molecule has 0 aliphatic heterocycles. The summed E-state index contributed by atoms with van der Waals surface area (Å²) >= 11 is 0. The normalized spacial score (nSPS) is 21.7. The van der Waals surface area contributed by atoms with E-state index in [1.165, 1.54) is 25.7 Å². The SMILES string of the molecule is COCC(C)OC1(CNC(C)(C)C)CCCC1. The van der Waals surface area contributed by atoms with E-state index in [-0.39, 0.29) is 17.2 Å². The van der Waals surface area contributed by atoms with Crippen LogP contribution in [0.3, 0.4) is 0 Å². The largest absolute Gasteiger partial charge is 0.382 e. The van der Waals surface area contributed by atoms with E-state index in [9.17, 15) is 0 Å². The fraction of sp³-hybridized carbons (Fsp3) is 1.00. The van der Waals surface area contributed by atoms with Gasteiger partial charge in [-0.3, -0.25) is 0 Å². The van der Waals surface area contributed by atoms with Gasteiger partial charge in [0.15, 0.2) is 0 Å². The van der Waals surface area contributed by atoms with E-state index in [4.69, 9.17) is 9.47 Å². The quantitative estimate of drug-likeness (QED) is 0.778. The Morgan fingerprint density at radius 3 is 2.29 bits per heavy atom. The molecule has 0 amide bonds. The summed E-state index contributed by atoms with van der Waals surface area (Å²) in [5, 5.41) is 3.59. The molecule has 1 fully saturated rings. The number of hydrogen-bond acceptors (Lipinski definition) is 3. The average Bonchev–Trinajstić information content (AvgIpc) is 2.63. The molecule has 3 heteroatoms. The van der Waals surface area contributed by atoms with Gasteiger partial charge in [-0.1, -0.05) is 12.8 Å². The van der Waals surface area contributed by atoms with Gasteiger partial charge in [-0.05, 0) is 40.5 Å². The summed E-state index contributed by atoms with van der Waals surface area (Å²) in [4.78, 5) is 0. The van der Waals surface area contributed by atoms with Crippen LogP contribution in [0.15, 0.2) is 0 Å². The van der Waals surface area contributed by atoms with Gasteiger partial charge in [0.2, 0.25) is 0 Å². The van der Waals surface area contributed by atoms with Crippen LogP contribution in [0.5, 0.6) is 0 Å². The fourth-order valence-electron chi connectivity index (χ4n) is 2.48. The van der Waals surface area contributed by atoms with Crippen molar-refractivity contribution in [2.24, 2.45) is 0 Å². The third kappa shape index (κ3) is 5.36. The Morgan fingerprint density at radius 2 is 1.82 bits per heavy atom. The highest BCUT2D eigenvalue weighted by Crippen LogP contribution is 2.34. The maximum Gasteiger partial charge on any atom is 0.0811 e. The third-order valence-corrected chi connectivity index (χ3v) is 3.31. The zero-order valence-electron chi connectivity index (χ0n) is 12.1. The van der Waals surface area contributed by atoms with Crippen molar-refractivity contribution in [3.8, 4) is 0 Å². The maximum absolute atomic E-state index is 6.25. The van der Waals surface area contributed by atoms with E-state index < -0.39 is 0 Å². The number of nitrogens with one attached hydrogen (secondary N) is 1. The lowest BCUT2D eigenvalue weighted by Crippen LogP contribution is -2.49. The first-order chi connectivity index (χ1) is 7.87. The van der Waals surface area contributed by atoms with Crippen molar-refractivity contribution in [2.45, 2.75) is 70.6 Å². The van der Waals surface area contributed by atoms with E-state index in [0.29, 0.717) is 6.61 Å². The highest BCUT2D eigenvalue weighted by Gasteiger charge is 2.36. The van der Waals surface area contributed by atoms with Gasteiger partial charge in [0.1, 0.15) is 0 Å². The van der Waals surface area contributed by atoms with E-state index >= 15 is 0 Å². The Kier molecular flexibility index (Phi) is 5.42. The number of methoxy groups -OCH3 is 1. The molecule has 1 aliphatic carbocycles. The molecular formula is C14H29NO2. The molecule has 1 rings (SSSR count). The molecule has 1 N–H and O–H groups in total. The van der Waals surface area contributed by atoms with Crippen LogP contribution in [0.1, 0.15) is 53.4 Å². The lowest BCUT2D eigenvalue weighted by atomic mass is 9.99. The second kappa shape index (κ2) is 6.17. The van der Waals surface area contributed by atoms with Crippen molar-refractivity contribution in [2.75, 3.05) is 20.3 Å². The van der Waals surface area contributed by atoms with Crippen LogP contribution in [0.2, 0.25) is 0 Å². The Morgan fingerprint density at radius 1 is 1.24 bits per heavy atom. The molecule has 0 aromatic rings. The minimum atomic E-state index is 0.0330. The molecule has 1 saturated carbocycles. The summed E-state index contributed by atoms with van der Waals surface area (Å²) < 4.78 is 11.4. The van der Waals surface area contributed by atoms with Crippen LogP contribution < -0.4 is 5.32 Å². The van der Waals surface area contributed by atoms with Gasteiger partial charge in [0.25, 0.3) is 0 Å². The molecule has 0 heterocycles. The molecule has 0 spiro atoms. The second-order valence-electron chi connectivity index (χ2n) is 6.38. The summed E-state index contributed by atoms with van der Waals surface area (Å²) in [6.07, 6.45) is 5.09. The molecular weight excluding hydrogens is 214 g/mol. The molecule has 1 atom stereocenters. The van der Waals surface area contributed by atoms with Gasteiger partial charge in [-0.2, -0.15) is 0 Å². The van der Waals surface area contributed by atoms with Gasteiger partial charge in [-0.15, -0.1) is 0 Å². The molecule has 1 unspecified atom stereocenters. The fourth-order valence-corrected chi connectivity index (χ4v) is 2.48. The van der Waals surface area contributed by atoms with Crippen molar-refractivity contribution >= 4 is 0 Å². The standard InChI is InChI=1S/C14H29NO2/c1-12(10-16-5)17-14(8-6-7-9-14)11-15-13(2,3)4/h12,15H,6-11H2,1-5H3. The van der Waals surface area contributed by atoms with Gasteiger partial charge in [-0.25, -0.2) is 0 Å². The Hall–Kier alpha value is -0.120. The van der Waals surface area contributed by atoms with Crippen molar-refractivity contribution in [3.05, 3.63) is 0 Å². The molecule has 0 aromatic carbocycles. The Bertz CT molecular complexity index is 217. The monoisotopic (exact) mass is 243 g/mol. The maximum atomic E-state index is 6.25. The number of hydrogen-bond donors (Lipinski definition) is 1. The third-order valence-electron chi connectivity index (χ3n) is 3.31. The zero-order chi connectivity index (χ0) is 12.9. The summed E-state index contributed by atoms with van der Waals surface area (Å²) in [6, 6.07) is 0. The molecule has 102 valence electrons. The van der Waals surface area contributed by atoms with Gasteiger partial charge >= 0.3 is 0 Å². The topological polar surface area (TPSA) is 30.5 Å². The molecule has 0 radical (unpaired) electrons. The van der Waals surface area contributed by atoms with Crippen LogP contribution in [0.25, 0.3) is 0 Å². The second-order valence-corrected chi connectivity index (χ2v) is 6.38. The zero-order valence-corrected chi connectivity index (χ0v) is 12.1. The van der Waals surface area contributed by atoms with Crippen molar-refractivity contribution in [3.63, 3.8) is 0 Å². The van der Waals surface area contributed by atoms with Crippen LogP contribution >= 0.6 is 0 Å².